The molecule has 1 aliphatic carbocycles. The Balaban J connectivity index is 0.000000290. The van der Waals surface area contributed by atoms with E-state index in [1.54, 1.807) is 14.2 Å². The van der Waals surface area contributed by atoms with Crippen molar-refractivity contribution in [2.24, 2.45) is 0 Å². The minimum absolute atomic E-state index is 0.400. The van der Waals surface area contributed by atoms with Gasteiger partial charge in [-0.25, -0.2) is 14.4 Å². The highest BCUT2D eigenvalue weighted by Crippen LogP contribution is 2.28. The van der Waals surface area contributed by atoms with Gasteiger partial charge in [-0.15, -0.1) is 0 Å². The molecular weight excluding hydrogens is 353 g/mol. The van der Waals surface area contributed by atoms with Gasteiger partial charge in [0.2, 0.25) is 0 Å². The molecule has 2 aromatic rings. The van der Waals surface area contributed by atoms with Gasteiger partial charge in [-0.3, -0.25) is 4.72 Å². The summed E-state index contributed by atoms with van der Waals surface area (Å²) < 4.78 is 25.9. The lowest BCUT2D eigenvalue weighted by molar-refractivity contribution is 0.391. The Labute approximate surface area is 158 Å². The van der Waals surface area contributed by atoms with E-state index < -0.39 is 5.82 Å². The summed E-state index contributed by atoms with van der Waals surface area (Å²) in [4.78, 5) is 6.80. The van der Waals surface area contributed by atoms with Gasteiger partial charge in [0, 0.05) is 23.4 Å². The highest BCUT2D eigenvalue weighted by atomic mass is 32.2. The van der Waals surface area contributed by atoms with Crippen LogP contribution < -0.4 is 14.2 Å². The van der Waals surface area contributed by atoms with Crippen LogP contribution in [0.3, 0.4) is 0 Å². The zero-order valence-corrected chi connectivity index (χ0v) is 16.1. The molecule has 1 heterocycles. The largest absolute Gasteiger partial charge is 0.497 e. The smallest absolute Gasteiger partial charge is 0.159 e. The Morgan fingerprint density at radius 1 is 1.12 bits per heavy atom. The van der Waals surface area contributed by atoms with E-state index in [2.05, 4.69) is 20.8 Å². The van der Waals surface area contributed by atoms with Gasteiger partial charge in [-0.05, 0) is 18.9 Å². The zero-order chi connectivity index (χ0) is 18.6. The third-order valence-electron chi connectivity index (χ3n) is 4.09. The first-order chi connectivity index (χ1) is 12.7. The first-order valence-corrected chi connectivity index (χ1v) is 9.60. The van der Waals surface area contributed by atoms with Crippen LogP contribution >= 0.6 is 11.9 Å². The normalized spacial score (nSPS) is 14.3. The molecule has 0 spiro atoms. The Morgan fingerprint density at radius 2 is 1.85 bits per heavy atom. The molecule has 5 nitrogen and oxygen atoms in total. The first kappa shape index (κ1) is 20.5. The highest BCUT2D eigenvalue weighted by Gasteiger charge is 2.14. The third-order valence-corrected chi connectivity index (χ3v) is 5.20. The van der Waals surface area contributed by atoms with E-state index in [-0.39, 0.29) is 0 Å². The molecule has 142 valence electrons. The zero-order valence-electron chi connectivity index (χ0n) is 15.3. The van der Waals surface area contributed by atoms with Crippen molar-refractivity contribution < 1.29 is 13.9 Å². The van der Waals surface area contributed by atoms with Crippen LogP contribution in [-0.2, 0) is 6.54 Å². The molecule has 0 radical (unpaired) electrons. The van der Waals surface area contributed by atoms with Crippen molar-refractivity contribution in [1.82, 2.24) is 14.7 Å². The number of nitrogens with one attached hydrogen (secondary N) is 1. The molecule has 1 aliphatic rings. The number of methoxy groups -OCH3 is 2. The van der Waals surface area contributed by atoms with Gasteiger partial charge in [0.15, 0.2) is 5.82 Å². The number of benzene rings is 1. The standard InChI is InChI=1S/C15H23NO2S.C4H3FN2/c1-17-13-9-8-12(15(10-13)18-2)11-16-19-14-6-4-3-5-7-14;5-4-1-6-3-7-2-4/h8-10,14,16H,3-7,11H2,1-2H3;1-3H. The topological polar surface area (TPSA) is 56.3 Å². The molecule has 1 saturated carbocycles. The lowest BCUT2D eigenvalue weighted by atomic mass is 10.0. The predicted octanol–water partition coefficient (Wildman–Crippen LogP) is 4.39. The maximum atomic E-state index is 11.8. The minimum atomic E-state index is -0.400. The number of ether oxygens (including phenoxy) is 2. The number of rotatable bonds is 6. The number of aromatic nitrogens is 2. The Kier molecular flexibility index (Phi) is 9.20. The monoisotopic (exact) mass is 379 g/mol. The van der Waals surface area contributed by atoms with Crippen molar-refractivity contribution in [3.05, 3.63) is 48.3 Å². The molecule has 0 bridgehead atoms. The Hall–Kier alpha value is -1.86. The molecule has 3 rings (SSSR count). The molecule has 1 fully saturated rings. The molecule has 26 heavy (non-hydrogen) atoms. The fourth-order valence-electron chi connectivity index (χ4n) is 2.70. The lowest BCUT2D eigenvalue weighted by Crippen LogP contribution is -2.15. The van der Waals surface area contributed by atoms with Crippen LogP contribution in [0.1, 0.15) is 37.7 Å². The summed E-state index contributed by atoms with van der Waals surface area (Å²) in [6.07, 6.45) is 10.3. The Morgan fingerprint density at radius 3 is 2.42 bits per heavy atom. The summed E-state index contributed by atoms with van der Waals surface area (Å²) in [6, 6.07) is 5.97. The van der Waals surface area contributed by atoms with Crippen LogP contribution in [0.15, 0.2) is 36.9 Å². The number of halogens is 1. The summed E-state index contributed by atoms with van der Waals surface area (Å²) in [5.41, 5.74) is 1.17. The molecule has 0 amide bonds. The van der Waals surface area contributed by atoms with E-state index in [4.69, 9.17) is 9.47 Å². The van der Waals surface area contributed by atoms with Crippen LogP contribution in [0, 0.1) is 5.82 Å². The van der Waals surface area contributed by atoms with Gasteiger partial charge < -0.3 is 9.47 Å². The van der Waals surface area contributed by atoms with E-state index in [1.807, 2.05) is 24.1 Å². The molecule has 0 aliphatic heterocycles. The molecule has 0 atom stereocenters. The summed E-state index contributed by atoms with van der Waals surface area (Å²) >= 11 is 1.88. The maximum absolute atomic E-state index is 11.8. The van der Waals surface area contributed by atoms with E-state index in [9.17, 15) is 4.39 Å². The van der Waals surface area contributed by atoms with Crippen LogP contribution in [0.2, 0.25) is 0 Å². The second-order valence-corrected chi connectivity index (χ2v) is 7.12. The summed E-state index contributed by atoms with van der Waals surface area (Å²) in [5.74, 6) is 1.32. The molecule has 0 unspecified atom stereocenters. The number of hydrogen-bond acceptors (Lipinski definition) is 6. The van der Waals surface area contributed by atoms with Crippen molar-refractivity contribution in [1.29, 1.82) is 0 Å². The van der Waals surface area contributed by atoms with Gasteiger partial charge in [-0.1, -0.05) is 37.3 Å². The molecule has 7 heteroatoms. The van der Waals surface area contributed by atoms with E-state index in [1.165, 1.54) is 44.0 Å². The summed E-state index contributed by atoms with van der Waals surface area (Å²) in [5, 5.41) is 0.776. The van der Waals surface area contributed by atoms with Gasteiger partial charge in [0.05, 0.1) is 26.6 Å². The quantitative estimate of drug-likeness (QED) is 0.751. The third kappa shape index (κ3) is 7.17. The molecule has 1 N–H and O–H groups in total. The fourth-order valence-corrected chi connectivity index (χ4v) is 3.74. The molecule has 0 saturated heterocycles. The minimum Gasteiger partial charge on any atom is -0.497 e. The summed E-state index contributed by atoms with van der Waals surface area (Å²) in [6.45, 7) is 0.828. The summed E-state index contributed by atoms with van der Waals surface area (Å²) in [7, 11) is 3.37. The molecule has 1 aromatic carbocycles. The van der Waals surface area contributed by atoms with Crippen molar-refractivity contribution in [2.45, 2.75) is 43.9 Å². The van der Waals surface area contributed by atoms with E-state index in [0.29, 0.717) is 0 Å². The second kappa shape index (κ2) is 11.7. The van der Waals surface area contributed by atoms with Gasteiger partial charge in [-0.2, -0.15) is 0 Å². The maximum Gasteiger partial charge on any atom is 0.159 e. The lowest BCUT2D eigenvalue weighted by Gasteiger charge is -2.21. The Bertz CT molecular complexity index is 640. The first-order valence-electron chi connectivity index (χ1n) is 8.73. The van der Waals surface area contributed by atoms with Crippen molar-refractivity contribution in [3.8, 4) is 11.5 Å². The van der Waals surface area contributed by atoms with Crippen LogP contribution in [0.4, 0.5) is 4.39 Å². The average Bonchev–Trinajstić information content (AvgIpc) is 2.70. The molecule has 1 aromatic heterocycles. The van der Waals surface area contributed by atoms with Crippen LogP contribution in [0.5, 0.6) is 11.5 Å². The van der Waals surface area contributed by atoms with Gasteiger partial charge in [0.25, 0.3) is 0 Å². The van der Waals surface area contributed by atoms with Crippen molar-refractivity contribution in [2.75, 3.05) is 14.2 Å². The second-order valence-electron chi connectivity index (χ2n) is 5.93. The molecular formula is C19H26FN3O2S. The van der Waals surface area contributed by atoms with Crippen molar-refractivity contribution >= 4 is 11.9 Å². The SMILES string of the molecule is COc1ccc(CNSC2CCCCC2)c(OC)c1.Fc1cncnc1. The van der Waals surface area contributed by atoms with Gasteiger partial charge >= 0.3 is 0 Å². The van der Waals surface area contributed by atoms with E-state index in [0.717, 1.165) is 35.7 Å². The average molecular weight is 380 g/mol. The van der Waals surface area contributed by atoms with Gasteiger partial charge in [0.1, 0.15) is 17.8 Å². The fraction of sp³-hybridized carbons (Fsp3) is 0.474. The van der Waals surface area contributed by atoms with Crippen molar-refractivity contribution in [3.63, 3.8) is 0 Å². The van der Waals surface area contributed by atoms with E-state index >= 15 is 0 Å². The van der Waals surface area contributed by atoms with Crippen LogP contribution in [0.25, 0.3) is 0 Å². The predicted molar refractivity (Wildman–Crippen MR) is 103 cm³/mol. The van der Waals surface area contributed by atoms with Crippen LogP contribution in [-0.4, -0.2) is 29.4 Å². The highest BCUT2D eigenvalue weighted by molar-refractivity contribution is 7.98. The number of nitrogens with zero attached hydrogens (tertiary/aromatic N) is 2. The number of hydrogen-bond donors (Lipinski definition) is 1.